The summed E-state index contributed by atoms with van der Waals surface area (Å²) in [5.74, 6) is -0.918. The number of carbonyl (C=O) groups excluding carboxylic acids is 4. The van der Waals surface area contributed by atoms with Crippen LogP contribution in [0.5, 0.6) is 0 Å². The van der Waals surface area contributed by atoms with Crippen LogP contribution in [-0.2, 0) is 30.5 Å². The Balaban J connectivity index is 1.56. The fourth-order valence-corrected chi connectivity index (χ4v) is 3.84. The molecule has 2 saturated heterocycles. The predicted molar refractivity (Wildman–Crippen MR) is 111 cm³/mol. The third-order valence-corrected chi connectivity index (χ3v) is 5.54. The van der Waals surface area contributed by atoms with Gasteiger partial charge in [-0.1, -0.05) is 30.3 Å². The standard InChI is InChI=1S/C22H29N3O6/c26-13-17(11-16-8-9-23-20(16)27)24-21(28)19(12-18-7-4-10-30-18)25-22(29)31-14-15-5-2-1-3-6-15/h1-3,5-6,13,16-19H,4,7-12,14H2,(H,23,27)(H,24,28)(H,25,29)/t16-,17-,18+,19-/m0/s1. The summed E-state index contributed by atoms with van der Waals surface area (Å²) in [5.41, 5.74) is 0.827. The molecule has 9 heteroatoms. The van der Waals surface area contributed by atoms with E-state index in [9.17, 15) is 19.2 Å². The van der Waals surface area contributed by atoms with Crippen LogP contribution in [0.1, 0.15) is 37.7 Å². The number of nitrogens with one attached hydrogen (secondary N) is 3. The lowest BCUT2D eigenvalue weighted by Crippen LogP contribution is -2.51. The van der Waals surface area contributed by atoms with Gasteiger partial charge in [0.15, 0.2) is 0 Å². The molecule has 2 aliphatic rings. The molecule has 2 fully saturated rings. The number of hydrogen-bond donors (Lipinski definition) is 3. The van der Waals surface area contributed by atoms with Gasteiger partial charge in [-0.2, -0.15) is 0 Å². The zero-order valence-electron chi connectivity index (χ0n) is 17.4. The maximum Gasteiger partial charge on any atom is 0.408 e. The minimum atomic E-state index is -0.911. The van der Waals surface area contributed by atoms with Gasteiger partial charge in [-0.15, -0.1) is 0 Å². The van der Waals surface area contributed by atoms with Gasteiger partial charge in [0, 0.05) is 25.5 Å². The van der Waals surface area contributed by atoms with Gasteiger partial charge in [0.05, 0.1) is 12.1 Å². The summed E-state index contributed by atoms with van der Waals surface area (Å²) in [6.07, 6.45) is 2.58. The number of benzene rings is 1. The molecule has 2 aliphatic heterocycles. The molecule has 0 bridgehead atoms. The molecule has 9 nitrogen and oxygen atoms in total. The molecule has 31 heavy (non-hydrogen) atoms. The topological polar surface area (TPSA) is 123 Å². The van der Waals surface area contributed by atoms with E-state index in [1.165, 1.54) is 0 Å². The molecule has 1 aromatic rings. The molecule has 3 amide bonds. The third kappa shape index (κ3) is 7.06. The fourth-order valence-electron chi connectivity index (χ4n) is 3.84. The zero-order valence-corrected chi connectivity index (χ0v) is 17.4. The van der Waals surface area contributed by atoms with Crippen molar-refractivity contribution in [2.24, 2.45) is 5.92 Å². The monoisotopic (exact) mass is 431 g/mol. The largest absolute Gasteiger partial charge is 0.445 e. The highest BCUT2D eigenvalue weighted by Gasteiger charge is 2.31. The molecule has 0 aromatic heterocycles. The third-order valence-electron chi connectivity index (χ3n) is 5.54. The molecule has 0 unspecified atom stereocenters. The molecule has 0 aliphatic carbocycles. The van der Waals surface area contributed by atoms with Crippen molar-refractivity contribution in [2.75, 3.05) is 13.2 Å². The number of alkyl carbamates (subject to hydrolysis) is 1. The van der Waals surface area contributed by atoms with E-state index in [0.29, 0.717) is 25.9 Å². The van der Waals surface area contributed by atoms with Crippen LogP contribution in [0.2, 0.25) is 0 Å². The van der Waals surface area contributed by atoms with Gasteiger partial charge in [-0.3, -0.25) is 9.59 Å². The van der Waals surface area contributed by atoms with Crippen molar-refractivity contribution in [1.82, 2.24) is 16.0 Å². The molecule has 0 spiro atoms. The number of ether oxygens (including phenoxy) is 2. The van der Waals surface area contributed by atoms with Gasteiger partial charge >= 0.3 is 6.09 Å². The van der Waals surface area contributed by atoms with Crippen molar-refractivity contribution in [1.29, 1.82) is 0 Å². The second kappa shape index (κ2) is 11.5. The van der Waals surface area contributed by atoms with Crippen LogP contribution in [-0.4, -0.2) is 55.5 Å². The highest BCUT2D eigenvalue weighted by atomic mass is 16.5. The highest BCUT2D eigenvalue weighted by Crippen LogP contribution is 2.18. The Morgan fingerprint density at radius 3 is 2.65 bits per heavy atom. The lowest BCUT2D eigenvalue weighted by atomic mass is 9.98. The van der Waals surface area contributed by atoms with Crippen LogP contribution in [0.4, 0.5) is 4.79 Å². The fraction of sp³-hybridized carbons (Fsp3) is 0.545. The minimum absolute atomic E-state index is 0.0781. The van der Waals surface area contributed by atoms with Crippen LogP contribution < -0.4 is 16.0 Å². The first-order valence-electron chi connectivity index (χ1n) is 10.7. The Labute approximate surface area is 181 Å². The smallest absolute Gasteiger partial charge is 0.408 e. The van der Waals surface area contributed by atoms with E-state index in [-0.39, 0.29) is 37.4 Å². The minimum Gasteiger partial charge on any atom is -0.445 e. The van der Waals surface area contributed by atoms with Crippen molar-refractivity contribution in [3.05, 3.63) is 35.9 Å². The average Bonchev–Trinajstić information content (AvgIpc) is 3.44. The molecular formula is C22H29N3O6. The summed E-state index contributed by atoms with van der Waals surface area (Å²) >= 11 is 0. The molecule has 3 N–H and O–H groups in total. The first-order valence-corrected chi connectivity index (χ1v) is 10.7. The van der Waals surface area contributed by atoms with E-state index in [1.807, 2.05) is 30.3 Å². The summed E-state index contributed by atoms with van der Waals surface area (Å²) in [7, 11) is 0. The van der Waals surface area contributed by atoms with Gasteiger partial charge in [0.25, 0.3) is 0 Å². The lowest BCUT2D eigenvalue weighted by molar-refractivity contribution is -0.128. The molecule has 0 radical (unpaired) electrons. The van der Waals surface area contributed by atoms with Crippen LogP contribution in [0.3, 0.4) is 0 Å². The van der Waals surface area contributed by atoms with Gasteiger partial charge in [-0.05, 0) is 31.2 Å². The molecule has 4 atom stereocenters. The molecule has 3 rings (SSSR count). The molecule has 0 saturated carbocycles. The first-order chi connectivity index (χ1) is 15.0. The molecule has 2 heterocycles. The Morgan fingerprint density at radius 2 is 2.00 bits per heavy atom. The van der Waals surface area contributed by atoms with E-state index in [4.69, 9.17) is 9.47 Å². The molecule has 168 valence electrons. The SMILES string of the molecule is O=C[C@H](C[C@@H]1CCNC1=O)NC(=O)[C@H](C[C@H]1CCCO1)NC(=O)OCc1ccccc1. The predicted octanol–water partition coefficient (Wildman–Crippen LogP) is 1.06. The van der Waals surface area contributed by atoms with Gasteiger partial charge in [0.2, 0.25) is 11.8 Å². The van der Waals surface area contributed by atoms with Crippen LogP contribution in [0, 0.1) is 5.92 Å². The van der Waals surface area contributed by atoms with E-state index >= 15 is 0 Å². The van der Waals surface area contributed by atoms with E-state index in [1.54, 1.807) is 0 Å². The summed E-state index contributed by atoms with van der Waals surface area (Å²) < 4.78 is 10.8. The molecular weight excluding hydrogens is 402 g/mol. The normalized spacial score (nSPS) is 22.3. The van der Waals surface area contributed by atoms with Crippen molar-refractivity contribution >= 4 is 24.2 Å². The Kier molecular flexibility index (Phi) is 8.40. The van der Waals surface area contributed by atoms with Crippen molar-refractivity contribution in [3.63, 3.8) is 0 Å². The van der Waals surface area contributed by atoms with Gasteiger partial charge in [-0.25, -0.2) is 4.79 Å². The second-order valence-corrected chi connectivity index (χ2v) is 7.89. The Hall–Kier alpha value is -2.94. The summed E-state index contributed by atoms with van der Waals surface area (Å²) in [4.78, 5) is 48.5. The van der Waals surface area contributed by atoms with Crippen molar-refractivity contribution in [2.45, 2.75) is 56.9 Å². The summed E-state index contributed by atoms with van der Waals surface area (Å²) in [5, 5.41) is 7.97. The van der Waals surface area contributed by atoms with E-state index in [2.05, 4.69) is 16.0 Å². The van der Waals surface area contributed by atoms with Gasteiger partial charge in [0.1, 0.15) is 18.9 Å². The number of hydrogen-bond acceptors (Lipinski definition) is 6. The summed E-state index contributed by atoms with van der Waals surface area (Å²) in [6.45, 7) is 1.26. The number of rotatable bonds is 10. The average molecular weight is 431 g/mol. The number of carbonyl (C=O) groups is 4. The molecule has 1 aromatic carbocycles. The van der Waals surface area contributed by atoms with Crippen LogP contribution in [0.25, 0.3) is 0 Å². The van der Waals surface area contributed by atoms with Gasteiger partial charge < -0.3 is 30.2 Å². The highest BCUT2D eigenvalue weighted by molar-refractivity contribution is 5.88. The first kappa shape index (κ1) is 22.7. The van der Waals surface area contributed by atoms with Crippen molar-refractivity contribution in [3.8, 4) is 0 Å². The van der Waals surface area contributed by atoms with Crippen LogP contribution >= 0.6 is 0 Å². The Bertz CT molecular complexity index is 766. The number of aldehydes is 1. The van der Waals surface area contributed by atoms with E-state index in [0.717, 1.165) is 18.4 Å². The zero-order chi connectivity index (χ0) is 22.1. The lowest BCUT2D eigenvalue weighted by Gasteiger charge is -2.23. The number of amides is 3. The quantitative estimate of drug-likeness (QED) is 0.476. The van der Waals surface area contributed by atoms with Crippen molar-refractivity contribution < 1.29 is 28.7 Å². The summed E-state index contributed by atoms with van der Waals surface area (Å²) in [6, 6.07) is 7.49. The second-order valence-electron chi connectivity index (χ2n) is 7.89. The van der Waals surface area contributed by atoms with E-state index < -0.39 is 24.1 Å². The maximum atomic E-state index is 12.9. The van der Waals surface area contributed by atoms with Crippen LogP contribution in [0.15, 0.2) is 30.3 Å². The Morgan fingerprint density at radius 1 is 1.19 bits per heavy atom. The maximum absolute atomic E-state index is 12.9.